The summed E-state index contributed by atoms with van der Waals surface area (Å²) in [4.78, 5) is 0. The quantitative estimate of drug-likeness (QED) is 0.0322. The zero-order chi connectivity index (χ0) is 52.5. The fourth-order valence-electron chi connectivity index (χ4n) is 10.4. The molecule has 2 aromatic rings. The fraction of sp³-hybridized carbons (Fsp3) is 0.800. The highest BCUT2D eigenvalue weighted by Gasteiger charge is 2.29. The third-order valence-corrected chi connectivity index (χ3v) is 14.5. The maximum atomic E-state index is 6.92. The van der Waals surface area contributed by atoms with Crippen LogP contribution in [0.1, 0.15) is 153 Å². The molecule has 0 aliphatic heterocycles. The van der Waals surface area contributed by atoms with Crippen LogP contribution in [0.4, 0.5) is 0 Å². The zero-order valence-electron chi connectivity index (χ0n) is 47.8. The molecule has 0 amide bonds. The van der Waals surface area contributed by atoms with E-state index in [1.165, 1.54) is 80.0 Å². The molecule has 0 heterocycles. The number of hydrogen-bond donors (Lipinski definition) is 12. The van der Waals surface area contributed by atoms with Crippen LogP contribution in [0.3, 0.4) is 0 Å². The molecule has 0 bridgehead atoms. The summed E-state index contributed by atoms with van der Waals surface area (Å²) in [5, 5.41) is 36.4. The SMILES string of the molecule is CC(C)CNCCCNCCCNCc1cc(CNCCCNCCCNCC(C)C)cc(OC2CCCC(C(CN)CNCCCNCc3cc(CNCCCNCCCN)cc(OC4CCCCC4)c3)C2)c1. The molecular weight excluding hydrogens is 921 g/mol. The lowest BCUT2D eigenvalue weighted by Gasteiger charge is -2.34. The summed E-state index contributed by atoms with van der Waals surface area (Å²) < 4.78 is 13.5. The standard InChI is InChI=1S/C60H114N12O2/c1-49(2)42-66-27-10-23-64-25-13-30-69-46-53-35-54(47-70-31-14-26-65-24-11-28-67-43-50(3)4)39-60(38-53)74-58-19-8-16-55(40-58)56(41-62)48-72-33-15-32-71-45-52-34-51(44-68-29-12-22-63-21-9-20-61)36-59(37-52)73-57-17-6-5-7-18-57/h34-39,49-50,55-58,63-72H,5-33,40-48,61-62H2,1-4H3. The number of rotatable bonds is 47. The largest absolute Gasteiger partial charge is 0.490 e. The molecule has 14 N–H and O–H groups in total. The van der Waals surface area contributed by atoms with Crippen molar-refractivity contribution in [3.05, 3.63) is 58.7 Å². The number of nitrogens with one attached hydrogen (secondary N) is 10. The van der Waals surface area contributed by atoms with Crippen molar-refractivity contribution in [2.75, 3.05) is 118 Å². The van der Waals surface area contributed by atoms with E-state index < -0.39 is 0 Å². The predicted octanol–water partition coefficient (Wildman–Crippen LogP) is 6.51. The number of ether oxygens (including phenoxy) is 2. The van der Waals surface area contributed by atoms with Crippen molar-refractivity contribution in [3.8, 4) is 11.5 Å². The van der Waals surface area contributed by atoms with Crippen LogP contribution in [-0.2, 0) is 26.2 Å². The molecule has 14 heteroatoms. The van der Waals surface area contributed by atoms with Crippen LogP contribution in [0.25, 0.3) is 0 Å². The van der Waals surface area contributed by atoms with Crippen LogP contribution < -0.4 is 74.1 Å². The van der Waals surface area contributed by atoms with E-state index in [1.807, 2.05) is 0 Å². The van der Waals surface area contributed by atoms with E-state index in [4.69, 9.17) is 20.9 Å². The van der Waals surface area contributed by atoms with Gasteiger partial charge >= 0.3 is 0 Å². The average molecular weight is 1040 g/mol. The molecular formula is C60H114N12O2. The second-order valence-corrected chi connectivity index (χ2v) is 22.6. The second kappa shape index (κ2) is 42.6. The first-order valence-electron chi connectivity index (χ1n) is 30.4. The summed E-state index contributed by atoms with van der Waals surface area (Å²) in [5.74, 6) is 4.46. The van der Waals surface area contributed by atoms with Crippen LogP contribution in [0.15, 0.2) is 36.4 Å². The lowest BCUT2D eigenvalue weighted by Crippen LogP contribution is -2.38. The molecule has 2 saturated carbocycles. The van der Waals surface area contributed by atoms with E-state index in [0.717, 1.165) is 194 Å². The van der Waals surface area contributed by atoms with Gasteiger partial charge in [-0.2, -0.15) is 0 Å². The summed E-state index contributed by atoms with van der Waals surface area (Å²) in [7, 11) is 0. The van der Waals surface area contributed by atoms with E-state index in [0.29, 0.717) is 36.3 Å². The maximum absolute atomic E-state index is 6.92. The van der Waals surface area contributed by atoms with Gasteiger partial charge in [0.15, 0.2) is 0 Å². The van der Waals surface area contributed by atoms with Crippen LogP contribution >= 0.6 is 0 Å². The molecule has 4 rings (SSSR count). The van der Waals surface area contributed by atoms with Gasteiger partial charge in [-0.15, -0.1) is 0 Å². The van der Waals surface area contributed by atoms with Crippen molar-refractivity contribution in [2.45, 2.75) is 169 Å². The number of nitrogens with two attached hydrogens (primary N) is 2. The number of benzene rings is 2. The second-order valence-electron chi connectivity index (χ2n) is 22.6. The van der Waals surface area contributed by atoms with Crippen molar-refractivity contribution in [1.82, 2.24) is 53.2 Å². The minimum absolute atomic E-state index is 0.214. The molecule has 2 aliphatic rings. The first-order chi connectivity index (χ1) is 36.3. The summed E-state index contributed by atoms with van der Waals surface area (Å²) >= 11 is 0. The van der Waals surface area contributed by atoms with Gasteiger partial charge in [0.1, 0.15) is 11.5 Å². The Balaban J connectivity index is 1.19. The van der Waals surface area contributed by atoms with E-state index >= 15 is 0 Å². The van der Waals surface area contributed by atoms with Gasteiger partial charge < -0.3 is 74.1 Å². The molecule has 3 unspecified atom stereocenters. The van der Waals surface area contributed by atoms with Gasteiger partial charge in [0.2, 0.25) is 0 Å². The highest BCUT2D eigenvalue weighted by Crippen LogP contribution is 2.33. The van der Waals surface area contributed by atoms with Crippen LogP contribution in [0, 0.1) is 23.7 Å². The Hall–Kier alpha value is -2.44. The van der Waals surface area contributed by atoms with E-state index in [-0.39, 0.29) is 6.10 Å². The molecule has 2 aliphatic carbocycles. The van der Waals surface area contributed by atoms with E-state index in [1.54, 1.807) is 0 Å². The summed E-state index contributed by atoms with van der Waals surface area (Å²) in [6.07, 6.45) is 19.1. The fourth-order valence-corrected chi connectivity index (χ4v) is 10.4. The Kier molecular flexibility index (Phi) is 36.9. The van der Waals surface area contributed by atoms with Crippen molar-refractivity contribution >= 4 is 0 Å². The minimum atomic E-state index is 0.214. The van der Waals surface area contributed by atoms with Crippen LogP contribution in [0.2, 0.25) is 0 Å². The molecule has 0 saturated heterocycles. The van der Waals surface area contributed by atoms with Gasteiger partial charge in [-0.3, -0.25) is 0 Å². The first kappa shape index (κ1) is 64.1. The van der Waals surface area contributed by atoms with Crippen LogP contribution in [0.5, 0.6) is 11.5 Å². The van der Waals surface area contributed by atoms with Gasteiger partial charge in [0.05, 0.1) is 12.2 Å². The summed E-state index contributed by atoms with van der Waals surface area (Å²) in [6.45, 7) is 30.4. The zero-order valence-corrected chi connectivity index (χ0v) is 47.8. The lowest BCUT2D eigenvalue weighted by atomic mass is 9.78. The predicted molar refractivity (Wildman–Crippen MR) is 314 cm³/mol. The monoisotopic (exact) mass is 1030 g/mol. The van der Waals surface area contributed by atoms with Crippen molar-refractivity contribution < 1.29 is 9.47 Å². The third-order valence-electron chi connectivity index (χ3n) is 14.5. The lowest BCUT2D eigenvalue weighted by molar-refractivity contribution is 0.0995. The minimum Gasteiger partial charge on any atom is -0.490 e. The Bertz CT molecular complexity index is 1580. The Labute approximate surface area is 452 Å². The normalized spacial score (nSPS) is 16.9. The highest BCUT2D eigenvalue weighted by atomic mass is 16.5. The molecule has 426 valence electrons. The molecule has 0 spiro atoms. The molecule has 2 fully saturated rings. The van der Waals surface area contributed by atoms with Gasteiger partial charge in [0, 0.05) is 26.2 Å². The van der Waals surface area contributed by atoms with Crippen molar-refractivity contribution in [2.24, 2.45) is 35.1 Å². The van der Waals surface area contributed by atoms with Crippen LogP contribution in [-0.4, -0.2) is 130 Å². The first-order valence-corrected chi connectivity index (χ1v) is 30.4. The molecule has 14 nitrogen and oxygen atoms in total. The summed E-state index contributed by atoms with van der Waals surface area (Å²) in [6, 6.07) is 13.8. The Morgan fingerprint density at radius 1 is 0.405 bits per heavy atom. The molecule has 2 aromatic carbocycles. The Morgan fingerprint density at radius 2 is 0.770 bits per heavy atom. The maximum Gasteiger partial charge on any atom is 0.120 e. The topological polar surface area (TPSA) is 191 Å². The van der Waals surface area contributed by atoms with E-state index in [2.05, 4.69) is 117 Å². The van der Waals surface area contributed by atoms with Gasteiger partial charge in [0.25, 0.3) is 0 Å². The average Bonchev–Trinajstić information content (AvgIpc) is 3.39. The highest BCUT2D eigenvalue weighted by molar-refractivity contribution is 5.36. The molecule has 0 radical (unpaired) electrons. The molecule has 3 atom stereocenters. The third kappa shape index (κ3) is 31.7. The smallest absolute Gasteiger partial charge is 0.120 e. The van der Waals surface area contributed by atoms with Gasteiger partial charge in [-0.05, 0) is 284 Å². The molecule has 74 heavy (non-hydrogen) atoms. The van der Waals surface area contributed by atoms with Crippen molar-refractivity contribution in [1.29, 1.82) is 0 Å². The molecule has 0 aromatic heterocycles. The van der Waals surface area contributed by atoms with Gasteiger partial charge in [-0.25, -0.2) is 0 Å². The Morgan fingerprint density at radius 3 is 1.18 bits per heavy atom. The number of hydrogen-bond acceptors (Lipinski definition) is 14. The van der Waals surface area contributed by atoms with Crippen molar-refractivity contribution in [3.63, 3.8) is 0 Å². The van der Waals surface area contributed by atoms with Gasteiger partial charge in [-0.1, -0.05) is 46.2 Å². The van der Waals surface area contributed by atoms with E-state index in [9.17, 15) is 0 Å². The summed E-state index contributed by atoms with van der Waals surface area (Å²) in [5.41, 5.74) is 17.3.